The van der Waals surface area contributed by atoms with Crippen molar-refractivity contribution in [3.8, 4) is 5.75 Å². The second-order valence-corrected chi connectivity index (χ2v) is 8.22. The molecule has 5 nitrogen and oxygen atoms in total. The lowest BCUT2D eigenvalue weighted by atomic mass is 9.90. The van der Waals surface area contributed by atoms with Crippen LogP contribution < -0.4 is 15.0 Å². The Bertz CT molecular complexity index is 1230. The van der Waals surface area contributed by atoms with Crippen LogP contribution >= 0.6 is 0 Å². The number of ether oxygens (including phenoxy) is 1. The number of hydrogen-bond donors (Lipinski definition) is 2. The number of para-hydroxylation sites is 2. The van der Waals surface area contributed by atoms with Gasteiger partial charge in [-0.3, -0.25) is 4.79 Å². The highest BCUT2D eigenvalue weighted by Gasteiger charge is 2.23. The number of H-pyrrole nitrogens is 1. The number of rotatable bonds is 7. The summed E-state index contributed by atoms with van der Waals surface area (Å²) in [7, 11) is 1.67. The maximum Gasteiger partial charge on any atom is 0.239 e. The van der Waals surface area contributed by atoms with Crippen LogP contribution in [0, 0.1) is 0 Å². The fraction of sp³-hybridized carbons (Fsp3) is 0.222. The lowest BCUT2D eigenvalue weighted by molar-refractivity contribution is -0.119. The molecule has 32 heavy (non-hydrogen) atoms. The minimum Gasteiger partial charge on any atom is -0.497 e. The summed E-state index contributed by atoms with van der Waals surface area (Å²) in [6.07, 6.45) is 3.05. The molecule has 5 rings (SSSR count). The SMILES string of the molecule is COc1ccc(C(CNC(=O)CN2CCc3ccccc32)c2c[nH]c3ccccc23)cc1. The first-order valence-electron chi connectivity index (χ1n) is 11.0. The highest BCUT2D eigenvalue weighted by Crippen LogP contribution is 2.31. The lowest BCUT2D eigenvalue weighted by Gasteiger charge is -2.21. The second-order valence-electron chi connectivity index (χ2n) is 8.22. The van der Waals surface area contributed by atoms with Gasteiger partial charge in [0.2, 0.25) is 5.91 Å². The predicted octanol–water partition coefficient (Wildman–Crippen LogP) is 4.49. The van der Waals surface area contributed by atoms with Gasteiger partial charge in [-0.05, 0) is 47.4 Å². The van der Waals surface area contributed by atoms with E-state index < -0.39 is 0 Å². The third-order valence-electron chi connectivity index (χ3n) is 6.34. The number of benzene rings is 3. The number of aromatic amines is 1. The van der Waals surface area contributed by atoms with Crippen molar-refractivity contribution in [1.82, 2.24) is 10.3 Å². The Kier molecular flexibility index (Phi) is 5.55. The van der Waals surface area contributed by atoms with Gasteiger partial charge >= 0.3 is 0 Å². The number of anilines is 1. The highest BCUT2D eigenvalue weighted by molar-refractivity contribution is 5.85. The van der Waals surface area contributed by atoms with Crippen molar-refractivity contribution in [2.45, 2.75) is 12.3 Å². The Morgan fingerprint density at radius 3 is 2.69 bits per heavy atom. The molecular formula is C27H27N3O2. The highest BCUT2D eigenvalue weighted by atomic mass is 16.5. The van der Waals surface area contributed by atoms with Gasteiger partial charge < -0.3 is 19.9 Å². The van der Waals surface area contributed by atoms with E-state index >= 15 is 0 Å². The van der Waals surface area contributed by atoms with Crippen molar-refractivity contribution in [1.29, 1.82) is 0 Å². The van der Waals surface area contributed by atoms with Crippen LogP contribution in [0.1, 0.15) is 22.6 Å². The van der Waals surface area contributed by atoms with Gasteiger partial charge in [-0.15, -0.1) is 0 Å². The van der Waals surface area contributed by atoms with Gasteiger partial charge in [0.25, 0.3) is 0 Å². The molecule has 1 aromatic heterocycles. The van der Waals surface area contributed by atoms with Crippen LogP contribution in [0.2, 0.25) is 0 Å². The molecule has 0 spiro atoms. The molecule has 1 atom stereocenters. The third-order valence-corrected chi connectivity index (χ3v) is 6.34. The zero-order chi connectivity index (χ0) is 21.9. The van der Waals surface area contributed by atoms with Crippen LogP contribution in [0.3, 0.4) is 0 Å². The maximum atomic E-state index is 12.9. The van der Waals surface area contributed by atoms with Gasteiger partial charge in [0.1, 0.15) is 5.75 Å². The number of nitrogens with zero attached hydrogens (tertiary/aromatic N) is 1. The van der Waals surface area contributed by atoms with E-state index in [2.05, 4.69) is 63.9 Å². The van der Waals surface area contributed by atoms with Crippen molar-refractivity contribution >= 4 is 22.5 Å². The topological polar surface area (TPSA) is 57.4 Å². The summed E-state index contributed by atoms with van der Waals surface area (Å²) >= 11 is 0. The second kappa shape index (κ2) is 8.79. The summed E-state index contributed by atoms with van der Waals surface area (Å²) in [5.41, 5.74) is 5.90. The summed E-state index contributed by atoms with van der Waals surface area (Å²) in [6, 6.07) is 24.7. The number of carbonyl (C=O) groups excluding carboxylic acids is 1. The van der Waals surface area contributed by atoms with E-state index in [1.807, 2.05) is 30.3 Å². The predicted molar refractivity (Wildman–Crippen MR) is 129 cm³/mol. The zero-order valence-corrected chi connectivity index (χ0v) is 18.2. The Hall–Kier alpha value is -3.73. The van der Waals surface area contributed by atoms with Gasteiger partial charge in [0.15, 0.2) is 0 Å². The number of fused-ring (bicyclic) bond motifs is 2. The number of methoxy groups -OCH3 is 1. The monoisotopic (exact) mass is 425 g/mol. The molecule has 0 bridgehead atoms. The lowest BCUT2D eigenvalue weighted by Crippen LogP contribution is -2.38. The van der Waals surface area contributed by atoms with Gasteiger partial charge in [0, 0.05) is 41.8 Å². The average Bonchev–Trinajstić information content (AvgIpc) is 3.44. The van der Waals surface area contributed by atoms with Gasteiger partial charge in [-0.2, -0.15) is 0 Å². The molecule has 1 amide bonds. The van der Waals surface area contributed by atoms with Crippen LogP contribution in [0.4, 0.5) is 5.69 Å². The van der Waals surface area contributed by atoms with E-state index in [1.54, 1.807) is 7.11 Å². The normalized spacial score (nSPS) is 13.7. The molecule has 2 heterocycles. The fourth-order valence-corrected chi connectivity index (χ4v) is 4.64. The molecule has 1 aliphatic rings. The van der Waals surface area contributed by atoms with Crippen LogP contribution in [-0.4, -0.2) is 37.6 Å². The van der Waals surface area contributed by atoms with Crippen molar-refractivity contribution in [2.75, 3.05) is 31.6 Å². The minimum atomic E-state index is 0.0341. The summed E-state index contributed by atoms with van der Waals surface area (Å²) in [5, 5.41) is 4.37. The zero-order valence-electron chi connectivity index (χ0n) is 18.2. The molecule has 3 aromatic carbocycles. The van der Waals surface area contributed by atoms with E-state index in [0.717, 1.165) is 29.8 Å². The van der Waals surface area contributed by atoms with E-state index in [-0.39, 0.29) is 11.8 Å². The Morgan fingerprint density at radius 1 is 1.06 bits per heavy atom. The first-order valence-corrected chi connectivity index (χ1v) is 11.0. The quantitative estimate of drug-likeness (QED) is 0.459. The van der Waals surface area contributed by atoms with Crippen LogP contribution in [-0.2, 0) is 11.2 Å². The minimum absolute atomic E-state index is 0.0341. The smallest absolute Gasteiger partial charge is 0.239 e. The Balaban J connectivity index is 1.36. The molecule has 0 fully saturated rings. The summed E-state index contributed by atoms with van der Waals surface area (Å²) in [4.78, 5) is 18.4. The molecule has 0 saturated heterocycles. The molecule has 0 radical (unpaired) electrons. The number of carbonyl (C=O) groups is 1. The molecule has 5 heteroatoms. The van der Waals surface area contributed by atoms with E-state index in [1.165, 1.54) is 22.2 Å². The van der Waals surface area contributed by atoms with Crippen molar-refractivity contribution in [2.24, 2.45) is 0 Å². The van der Waals surface area contributed by atoms with Crippen molar-refractivity contribution < 1.29 is 9.53 Å². The maximum absolute atomic E-state index is 12.9. The molecule has 162 valence electrons. The van der Waals surface area contributed by atoms with Crippen LogP contribution in [0.15, 0.2) is 79.0 Å². The largest absolute Gasteiger partial charge is 0.497 e. The fourth-order valence-electron chi connectivity index (χ4n) is 4.64. The summed E-state index contributed by atoms with van der Waals surface area (Å²) < 4.78 is 5.33. The van der Waals surface area contributed by atoms with E-state index in [0.29, 0.717) is 13.1 Å². The number of hydrogen-bond acceptors (Lipinski definition) is 3. The summed E-state index contributed by atoms with van der Waals surface area (Å²) in [5.74, 6) is 0.898. The Labute approximate surface area is 188 Å². The molecule has 1 unspecified atom stereocenters. The van der Waals surface area contributed by atoms with Gasteiger partial charge in [0.05, 0.1) is 13.7 Å². The summed E-state index contributed by atoms with van der Waals surface area (Å²) in [6.45, 7) is 1.79. The molecule has 2 N–H and O–H groups in total. The number of amides is 1. The van der Waals surface area contributed by atoms with Crippen LogP contribution in [0.25, 0.3) is 10.9 Å². The van der Waals surface area contributed by atoms with Gasteiger partial charge in [-0.1, -0.05) is 48.5 Å². The molecular weight excluding hydrogens is 398 g/mol. The van der Waals surface area contributed by atoms with E-state index in [4.69, 9.17) is 4.74 Å². The first kappa shape index (κ1) is 20.2. The average molecular weight is 426 g/mol. The van der Waals surface area contributed by atoms with Crippen molar-refractivity contribution in [3.63, 3.8) is 0 Å². The molecule has 1 aliphatic heterocycles. The standard InChI is InChI=1S/C27H27N3O2/c1-32-21-12-10-19(11-13-21)23(24-17-28-25-8-4-3-7-22(24)25)16-29-27(31)18-30-15-14-20-6-2-5-9-26(20)30/h2-13,17,23,28H,14-16,18H2,1H3,(H,29,31). The first-order chi connectivity index (χ1) is 15.7. The van der Waals surface area contributed by atoms with Gasteiger partial charge in [-0.25, -0.2) is 0 Å². The number of aromatic nitrogens is 1. The third kappa shape index (κ3) is 3.94. The molecule has 4 aromatic rings. The van der Waals surface area contributed by atoms with E-state index in [9.17, 15) is 4.79 Å². The van der Waals surface area contributed by atoms with Crippen molar-refractivity contribution in [3.05, 3.63) is 95.7 Å². The van der Waals surface area contributed by atoms with Crippen LogP contribution in [0.5, 0.6) is 5.75 Å². The molecule has 0 aliphatic carbocycles. The number of nitrogens with one attached hydrogen (secondary N) is 2. The Morgan fingerprint density at radius 2 is 1.84 bits per heavy atom. The molecule has 0 saturated carbocycles.